The number of hydrogen-bond donors (Lipinski definition) is 0. The summed E-state index contributed by atoms with van der Waals surface area (Å²) in [5, 5.41) is 1.21. The average Bonchev–Trinajstić information content (AvgIpc) is 2.91. The van der Waals surface area contributed by atoms with E-state index in [0.29, 0.717) is 11.3 Å². The zero-order valence-corrected chi connectivity index (χ0v) is 15.4. The molecular formula is C20H21NO3S. The van der Waals surface area contributed by atoms with E-state index in [1.54, 1.807) is 17.0 Å². The second-order valence-corrected chi connectivity index (χ2v) is 8.42. The summed E-state index contributed by atoms with van der Waals surface area (Å²) in [6.07, 6.45) is 1.60. The largest absolute Gasteiger partial charge is 0.300 e. The van der Waals surface area contributed by atoms with E-state index in [-0.39, 0.29) is 11.7 Å². The van der Waals surface area contributed by atoms with Gasteiger partial charge in [-0.15, -0.1) is 0 Å². The summed E-state index contributed by atoms with van der Waals surface area (Å²) < 4.78 is 23.8. The summed E-state index contributed by atoms with van der Waals surface area (Å²) in [6.45, 7) is 5.87. The summed E-state index contributed by atoms with van der Waals surface area (Å²) in [5.74, 6) is -0.273. The Morgan fingerprint density at radius 1 is 1.00 bits per heavy atom. The third-order valence-corrected chi connectivity index (χ3v) is 5.98. The van der Waals surface area contributed by atoms with Crippen molar-refractivity contribution in [1.29, 1.82) is 0 Å². The molecule has 0 radical (unpaired) electrons. The van der Waals surface area contributed by atoms with Gasteiger partial charge in [0, 0.05) is 16.7 Å². The van der Waals surface area contributed by atoms with Crippen molar-refractivity contribution in [3.63, 3.8) is 0 Å². The summed E-state index contributed by atoms with van der Waals surface area (Å²) in [7, 11) is -3.27. The van der Waals surface area contributed by atoms with Crippen LogP contribution in [0, 0.1) is 20.8 Å². The second kappa shape index (κ2) is 6.48. The Bertz CT molecular complexity index is 961. The van der Waals surface area contributed by atoms with Crippen LogP contribution in [0.25, 0.3) is 0 Å². The van der Waals surface area contributed by atoms with Crippen LogP contribution in [0.5, 0.6) is 0 Å². The van der Waals surface area contributed by atoms with E-state index in [9.17, 15) is 13.2 Å². The highest BCUT2D eigenvalue weighted by atomic mass is 32.2. The Kier molecular flexibility index (Phi) is 4.52. The standard InChI is InChI=1S/C20H21NO3S/c1-14-8-9-17(12-16(14)3)21(18-10-11-25(23,24)13-18)20(22)19-7-5-4-6-15(19)2/h4-12,18H,13H2,1-3H3. The highest BCUT2D eigenvalue weighted by Gasteiger charge is 2.32. The van der Waals surface area contributed by atoms with Gasteiger partial charge in [-0.1, -0.05) is 24.3 Å². The molecule has 0 spiro atoms. The maximum atomic E-state index is 13.3. The first-order chi connectivity index (χ1) is 11.8. The third-order valence-electron chi connectivity index (χ3n) is 4.61. The number of hydrogen-bond acceptors (Lipinski definition) is 3. The van der Waals surface area contributed by atoms with Crippen molar-refractivity contribution >= 4 is 21.4 Å². The molecule has 1 aliphatic rings. The van der Waals surface area contributed by atoms with Crippen molar-refractivity contribution in [3.8, 4) is 0 Å². The first-order valence-electron chi connectivity index (χ1n) is 8.16. The molecule has 0 N–H and O–H groups in total. The topological polar surface area (TPSA) is 54.5 Å². The van der Waals surface area contributed by atoms with Gasteiger partial charge in [0.25, 0.3) is 5.91 Å². The van der Waals surface area contributed by atoms with Crippen molar-refractivity contribution in [2.24, 2.45) is 0 Å². The van der Waals surface area contributed by atoms with Crippen LogP contribution in [0.2, 0.25) is 0 Å². The van der Waals surface area contributed by atoms with Gasteiger partial charge in [0.15, 0.2) is 9.84 Å². The molecule has 0 saturated heterocycles. The number of nitrogens with zero attached hydrogens (tertiary/aromatic N) is 1. The van der Waals surface area contributed by atoms with Crippen molar-refractivity contribution in [1.82, 2.24) is 0 Å². The fourth-order valence-corrected chi connectivity index (χ4v) is 4.27. The Labute approximate surface area is 148 Å². The van der Waals surface area contributed by atoms with Crippen LogP contribution < -0.4 is 4.90 Å². The van der Waals surface area contributed by atoms with Crippen LogP contribution in [-0.4, -0.2) is 26.1 Å². The predicted octanol–water partition coefficient (Wildman–Crippen LogP) is 3.57. The molecule has 0 fully saturated rings. The molecule has 1 unspecified atom stereocenters. The van der Waals surface area contributed by atoms with Crippen LogP contribution in [0.4, 0.5) is 5.69 Å². The van der Waals surface area contributed by atoms with E-state index in [2.05, 4.69) is 0 Å². The Balaban J connectivity index is 2.09. The maximum Gasteiger partial charge on any atom is 0.259 e. The van der Waals surface area contributed by atoms with Crippen molar-refractivity contribution < 1.29 is 13.2 Å². The summed E-state index contributed by atoms with van der Waals surface area (Å²) in [6, 6.07) is 12.6. The smallest absolute Gasteiger partial charge is 0.259 e. The van der Waals surface area contributed by atoms with Gasteiger partial charge in [0.1, 0.15) is 0 Å². The van der Waals surface area contributed by atoms with Gasteiger partial charge >= 0.3 is 0 Å². The molecule has 5 heteroatoms. The van der Waals surface area contributed by atoms with Crippen molar-refractivity contribution in [2.45, 2.75) is 26.8 Å². The zero-order valence-electron chi connectivity index (χ0n) is 14.6. The summed E-state index contributed by atoms with van der Waals surface area (Å²) in [5.41, 5.74) is 4.35. The molecule has 4 nitrogen and oxygen atoms in total. The van der Waals surface area contributed by atoms with Gasteiger partial charge in [-0.3, -0.25) is 4.79 Å². The number of amides is 1. The normalized spacial score (nSPS) is 18.3. The molecule has 0 aliphatic carbocycles. The van der Waals surface area contributed by atoms with Gasteiger partial charge in [-0.25, -0.2) is 8.42 Å². The van der Waals surface area contributed by atoms with E-state index in [0.717, 1.165) is 16.7 Å². The minimum atomic E-state index is -3.27. The average molecular weight is 355 g/mol. The lowest BCUT2D eigenvalue weighted by Crippen LogP contribution is -2.41. The fraction of sp³-hybridized carbons (Fsp3) is 0.250. The molecule has 1 heterocycles. The molecule has 0 bridgehead atoms. The van der Waals surface area contributed by atoms with Gasteiger partial charge in [0.05, 0.1) is 11.8 Å². The lowest BCUT2D eigenvalue weighted by molar-refractivity contribution is 0.0982. The predicted molar refractivity (Wildman–Crippen MR) is 101 cm³/mol. The minimum absolute atomic E-state index is 0.0858. The third kappa shape index (κ3) is 3.51. The SMILES string of the molecule is Cc1ccc(N(C(=O)c2ccccc2C)C2C=CS(=O)(=O)C2)cc1C. The first kappa shape index (κ1) is 17.4. The van der Waals surface area contributed by atoms with Crippen molar-refractivity contribution in [2.75, 3.05) is 10.7 Å². The fourth-order valence-electron chi connectivity index (χ4n) is 3.00. The van der Waals surface area contributed by atoms with Crippen LogP contribution >= 0.6 is 0 Å². The number of rotatable bonds is 3. The molecule has 1 atom stereocenters. The van der Waals surface area contributed by atoms with Crippen LogP contribution in [0.3, 0.4) is 0 Å². The number of aryl methyl sites for hydroxylation is 3. The van der Waals surface area contributed by atoms with E-state index >= 15 is 0 Å². The molecule has 2 aromatic carbocycles. The molecule has 2 aromatic rings. The van der Waals surface area contributed by atoms with Gasteiger partial charge in [-0.05, 0) is 61.7 Å². The molecule has 1 aliphatic heterocycles. The maximum absolute atomic E-state index is 13.3. The number of anilines is 1. The van der Waals surface area contributed by atoms with Gasteiger partial charge in [-0.2, -0.15) is 0 Å². The van der Waals surface area contributed by atoms with E-state index < -0.39 is 15.9 Å². The number of sulfone groups is 1. The van der Waals surface area contributed by atoms with Crippen LogP contribution in [0.15, 0.2) is 53.9 Å². The van der Waals surface area contributed by atoms with E-state index in [1.165, 1.54) is 5.41 Å². The van der Waals surface area contributed by atoms with Crippen molar-refractivity contribution in [3.05, 3.63) is 76.2 Å². The lowest BCUT2D eigenvalue weighted by Gasteiger charge is -2.29. The molecule has 3 rings (SSSR count). The molecule has 130 valence electrons. The lowest BCUT2D eigenvalue weighted by atomic mass is 10.0. The Morgan fingerprint density at radius 3 is 2.32 bits per heavy atom. The van der Waals surface area contributed by atoms with Gasteiger partial charge < -0.3 is 4.90 Å². The van der Waals surface area contributed by atoms with E-state index in [4.69, 9.17) is 0 Å². The summed E-state index contributed by atoms with van der Waals surface area (Å²) in [4.78, 5) is 14.9. The van der Waals surface area contributed by atoms with Gasteiger partial charge in [0.2, 0.25) is 0 Å². The highest BCUT2D eigenvalue weighted by Crippen LogP contribution is 2.27. The minimum Gasteiger partial charge on any atom is -0.300 e. The Hall–Kier alpha value is -2.40. The molecule has 25 heavy (non-hydrogen) atoms. The number of carbonyl (C=O) groups excluding carboxylic acids is 1. The second-order valence-electron chi connectivity index (χ2n) is 6.48. The number of benzene rings is 2. The Morgan fingerprint density at radius 2 is 1.72 bits per heavy atom. The molecule has 1 amide bonds. The highest BCUT2D eigenvalue weighted by molar-refractivity contribution is 7.94. The zero-order chi connectivity index (χ0) is 18.2. The first-order valence-corrected chi connectivity index (χ1v) is 9.87. The summed E-state index contributed by atoms with van der Waals surface area (Å²) >= 11 is 0. The van der Waals surface area contributed by atoms with Crippen LogP contribution in [0.1, 0.15) is 27.0 Å². The monoisotopic (exact) mass is 355 g/mol. The molecule has 0 aromatic heterocycles. The van der Waals surface area contributed by atoms with E-state index in [1.807, 2.05) is 57.2 Å². The number of carbonyl (C=O) groups is 1. The quantitative estimate of drug-likeness (QED) is 0.846. The molecule has 0 saturated carbocycles. The molecular weight excluding hydrogens is 334 g/mol. The van der Waals surface area contributed by atoms with Crippen LogP contribution in [-0.2, 0) is 9.84 Å².